The second kappa shape index (κ2) is 12.4. The third-order valence-corrected chi connectivity index (χ3v) is 12.0. The molecule has 4 heterocycles. The van der Waals surface area contributed by atoms with Gasteiger partial charge in [0.1, 0.15) is 0 Å². The fourth-order valence-corrected chi connectivity index (χ4v) is 8.59. The number of likely N-dealkylation sites (tertiary alicyclic amines) is 3. The Morgan fingerprint density at radius 1 is 0.526 bits per heavy atom. The van der Waals surface area contributed by atoms with E-state index in [9.17, 15) is 0 Å². The van der Waals surface area contributed by atoms with Gasteiger partial charge >= 0.3 is 0 Å². The molecule has 2 saturated carbocycles. The number of hydrogen-bond donors (Lipinski definition) is 0. The lowest BCUT2D eigenvalue weighted by Gasteiger charge is -2.59. The molecule has 0 bridgehead atoms. The van der Waals surface area contributed by atoms with E-state index in [-0.39, 0.29) is 5.60 Å². The lowest BCUT2D eigenvalue weighted by molar-refractivity contribution is -0.0940. The van der Waals surface area contributed by atoms with Gasteiger partial charge in [0.2, 0.25) is 0 Å². The maximum Gasteiger partial charge on any atom is 0.0710 e. The standard InChI is InChI=1S/C12H23NO.C12H23N.C10H19N/c1-10(2)11-8-12(14-9-11)4-6-13(3)7-5-12;1-10(2)11-8-12(9-11)4-6-13(3)7-5-12;1-8(2)9-4-10(5-9)6-11(3)7-10/h10-11H,4-9H2,1-3H3;10-11H,4-9H2,1-3H3;8-9H,4-7H2,1-3H3. The van der Waals surface area contributed by atoms with Crippen LogP contribution in [0.2, 0.25) is 0 Å². The number of rotatable bonds is 3. The van der Waals surface area contributed by atoms with Gasteiger partial charge in [-0.15, -0.1) is 0 Å². The van der Waals surface area contributed by atoms with Crippen LogP contribution in [0.4, 0.5) is 0 Å². The summed E-state index contributed by atoms with van der Waals surface area (Å²) in [6, 6.07) is 0. The molecule has 0 aromatic carbocycles. The van der Waals surface area contributed by atoms with E-state index in [2.05, 4.69) is 77.4 Å². The summed E-state index contributed by atoms with van der Waals surface area (Å²) in [6.45, 7) is 23.0. The zero-order chi connectivity index (χ0) is 27.7. The summed E-state index contributed by atoms with van der Waals surface area (Å²) in [5.74, 6) is 5.52. The van der Waals surface area contributed by atoms with E-state index in [1.165, 1.54) is 97.1 Å². The molecule has 6 aliphatic rings. The molecular formula is C34H65N3O. The van der Waals surface area contributed by atoms with Crippen LogP contribution in [0.15, 0.2) is 0 Å². The Kier molecular flexibility index (Phi) is 10.0. The fraction of sp³-hybridized carbons (Fsp3) is 1.00. The van der Waals surface area contributed by atoms with Crippen molar-refractivity contribution in [3.8, 4) is 0 Å². The average Bonchev–Trinajstić information content (AvgIpc) is 3.21. The van der Waals surface area contributed by atoms with Crippen molar-refractivity contribution in [1.29, 1.82) is 0 Å². The molecule has 2 aliphatic carbocycles. The predicted molar refractivity (Wildman–Crippen MR) is 163 cm³/mol. The van der Waals surface area contributed by atoms with Crippen molar-refractivity contribution in [2.45, 2.75) is 105 Å². The van der Waals surface area contributed by atoms with E-state index >= 15 is 0 Å². The SMILES string of the molecule is CC(C)C1CC2(C1)CN(C)C2.CC(C)C1CC2(CCN(C)CC2)C1.CC(C)C1COC2(CCN(C)CC2)C1. The molecule has 222 valence electrons. The predicted octanol–water partition coefficient (Wildman–Crippen LogP) is 6.89. The zero-order valence-corrected chi connectivity index (χ0v) is 27.0. The van der Waals surface area contributed by atoms with Gasteiger partial charge in [0.25, 0.3) is 0 Å². The molecule has 38 heavy (non-hydrogen) atoms. The van der Waals surface area contributed by atoms with Crippen molar-refractivity contribution in [2.24, 2.45) is 46.3 Å². The van der Waals surface area contributed by atoms with Crippen LogP contribution in [-0.2, 0) is 4.74 Å². The normalized spacial score (nSPS) is 32.5. The van der Waals surface area contributed by atoms with E-state index in [0.29, 0.717) is 0 Å². The number of hydrogen-bond acceptors (Lipinski definition) is 4. The Labute approximate surface area is 237 Å². The first-order chi connectivity index (χ1) is 17.8. The quantitative estimate of drug-likeness (QED) is 0.395. The van der Waals surface area contributed by atoms with Crippen LogP contribution in [0.1, 0.15) is 99.3 Å². The van der Waals surface area contributed by atoms with Gasteiger partial charge in [0, 0.05) is 26.2 Å². The van der Waals surface area contributed by atoms with Crippen molar-refractivity contribution < 1.29 is 4.74 Å². The Bertz CT molecular complexity index is 710. The monoisotopic (exact) mass is 532 g/mol. The minimum atomic E-state index is 0.265. The second-order valence-corrected chi connectivity index (χ2v) is 16.3. The summed E-state index contributed by atoms with van der Waals surface area (Å²) < 4.78 is 6.08. The Balaban J connectivity index is 0.000000134. The number of nitrogens with zero attached hydrogens (tertiary/aromatic N) is 3. The molecule has 0 radical (unpaired) electrons. The van der Waals surface area contributed by atoms with E-state index in [1.807, 2.05) is 0 Å². The van der Waals surface area contributed by atoms with Crippen LogP contribution >= 0.6 is 0 Å². The summed E-state index contributed by atoms with van der Waals surface area (Å²) in [6.07, 6.45) is 12.8. The summed E-state index contributed by atoms with van der Waals surface area (Å²) in [5, 5.41) is 0. The molecule has 1 unspecified atom stereocenters. The van der Waals surface area contributed by atoms with Crippen molar-refractivity contribution in [3.63, 3.8) is 0 Å². The Morgan fingerprint density at radius 2 is 0.947 bits per heavy atom. The van der Waals surface area contributed by atoms with Gasteiger partial charge in [-0.25, -0.2) is 0 Å². The van der Waals surface area contributed by atoms with Crippen LogP contribution in [0.25, 0.3) is 0 Å². The largest absolute Gasteiger partial charge is 0.375 e. The minimum absolute atomic E-state index is 0.265. The molecular weight excluding hydrogens is 466 g/mol. The van der Waals surface area contributed by atoms with E-state index in [4.69, 9.17) is 4.74 Å². The first-order valence-corrected chi connectivity index (χ1v) is 16.5. The van der Waals surface area contributed by atoms with Crippen molar-refractivity contribution in [2.75, 3.05) is 67.0 Å². The van der Waals surface area contributed by atoms with Crippen molar-refractivity contribution in [3.05, 3.63) is 0 Å². The molecule has 4 saturated heterocycles. The number of piperidine rings is 2. The number of ether oxygens (including phenoxy) is 1. The lowest BCUT2D eigenvalue weighted by atomic mass is 9.55. The maximum absolute atomic E-state index is 6.08. The van der Waals surface area contributed by atoms with E-state index < -0.39 is 0 Å². The van der Waals surface area contributed by atoms with Crippen molar-refractivity contribution in [1.82, 2.24) is 14.7 Å². The molecule has 0 amide bonds. The van der Waals surface area contributed by atoms with Gasteiger partial charge < -0.3 is 19.4 Å². The van der Waals surface area contributed by atoms with Gasteiger partial charge in [-0.05, 0) is 138 Å². The van der Waals surface area contributed by atoms with Crippen molar-refractivity contribution >= 4 is 0 Å². The first-order valence-electron chi connectivity index (χ1n) is 16.5. The molecule has 4 nitrogen and oxygen atoms in total. The molecule has 1 atom stereocenters. The highest BCUT2D eigenvalue weighted by molar-refractivity contribution is 5.03. The van der Waals surface area contributed by atoms with Gasteiger partial charge in [0.05, 0.1) is 12.2 Å². The minimum Gasteiger partial charge on any atom is -0.375 e. The highest BCUT2D eigenvalue weighted by atomic mass is 16.5. The zero-order valence-electron chi connectivity index (χ0n) is 27.0. The third kappa shape index (κ3) is 7.37. The topological polar surface area (TPSA) is 19.0 Å². The highest BCUT2D eigenvalue weighted by Crippen LogP contribution is 2.55. The summed E-state index contributed by atoms with van der Waals surface area (Å²) in [7, 11) is 6.70. The summed E-state index contributed by atoms with van der Waals surface area (Å²) in [5.41, 5.74) is 1.85. The van der Waals surface area contributed by atoms with Crippen LogP contribution in [-0.4, -0.2) is 87.3 Å². The Morgan fingerprint density at radius 3 is 1.34 bits per heavy atom. The highest BCUT2D eigenvalue weighted by Gasteiger charge is 2.51. The molecule has 0 aromatic rings. The summed E-state index contributed by atoms with van der Waals surface area (Å²) >= 11 is 0. The maximum atomic E-state index is 6.08. The summed E-state index contributed by atoms with van der Waals surface area (Å²) in [4.78, 5) is 7.34. The molecule has 6 fully saturated rings. The average molecular weight is 532 g/mol. The molecule has 0 N–H and O–H groups in total. The van der Waals surface area contributed by atoms with Gasteiger partial charge in [-0.2, -0.15) is 0 Å². The molecule has 4 aliphatic heterocycles. The van der Waals surface area contributed by atoms with Crippen LogP contribution in [0, 0.1) is 46.3 Å². The van der Waals surface area contributed by atoms with Crippen LogP contribution < -0.4 is 0 Å². The van der Waals surface area contributed by atoms with E-state index in [1.54, 1.807) is 0 Å². The Hall–Kier alpha value is -0.160. The molecule has 0 aromatic heterocycles. The molecule has 3 spiro atoms. The van der Waals surface area contributed by atoms with Crippen LogP contribution in [0.5, 0.6) is 0 Å². The van der Waals surface area contributed by atoms with E-state index in [0.717, 1.165) is 52.9 Å². The second-order valence-electron chi connectivity index (χ2n) is 16.3. The van der Waals surface area contributed by atoms with Gasteiger partial charge in [-0.3, -0.25) is 0 Å². The first kappa shape index (κ1) is 30.8. The van der Waals surface area contributed by atoms with Crippen LogP contribution in [0.3, 0.4) is 0 Å². The van der Waals surface area contributed by atoms with Gasteiger partial charge in [-0.1, -0.05) is 41.5 Å². The smallest absolute Gasteiger partial charge is 0.0710 e. The molecule has 6 rings (SSSR count). The fourth-order valence-electron chi connectivity index (χ4n) is 8.59. The third-order valence-electron chi connectivity index (χ3n) is 12.0. The lowest BCUT2D eigenvalue weighted by Crippen LogP contribution is -2.61. The molecule has 4 heteroatoms. The van der Waals surface area contributed by atoms with Gasteiger partial charge in [0.15, 0.2) is 0 Å².